The van der Waals surface area contributed by atoms with E-state index < -0.39 is 0 Å². The molecule has 0 aliphatic carbocycles. The minimum absolute atomic E-state index is 0.179. The molecule has 1 aromatic heterocycles. The number of hydrogen-bond donors (Lipinski definition) is 1. The molecule has 0 saturated carbocycles. The molecule has 0 unspecified atom stereocenters. The molecule has 0 bridgehead atoms. The number of H-pyrrole nitrogens is 1. The molecule has 1 fully saturated rings. The van der Waals surface area contributed by atoms with Crippen LogP contribution in [0, 0.1) is 11.7 Å². The van der Waals surface area contributed by atoms with Crippen LogP contribution in [0.3, 0.4) is 0 Å². The molecular weight excluding hydrogens is 281 g/mol. The SMILES string of the molecule is CO[C@H]1CN(Cc2ccn[nH]2)CC[C@@H]1Cc1ccc(F)cc1. The summed E-state index contributed by atoms with van der Waals surface area (Å²) in [6.07, 6.45) is 4.02. The van der Waals surface area contributed by atoms with Crippen molar-refractivity contribution < 1.29 is 9.13 Å². The zero-order valence-corrected chi connectivity index (χ0v) is 12.8. The number of rotatable bonds is 5. The summed E-state index contributed by atoms with van der Waals surface area (Å²) in [5, 5.41) is 7.00. The molecule has 2 heterocycles. The number of halogens is 1. The van der Waals surface area contributed by atoms with Crippen molar-refractivity contribution in [3.05, 3.63) is 53.6 Å². The molecule has 118 valence electrons. The Bertz CT molecular complexity index is 570. The Kier molecular flexibility index (Phi) is 4.85. The Balaban J connectivity index is 1.59. The van der Waals surface area contributed by atoms with Gasteiger partial charge in [-0.2, -0.15) is 5.10 Å². The molecule has 2 atom stereocenters. The van der Waals surface area contributed by atoms with E-state index in [1.165, 1.54) is 17.7 Å². The normalized spacial score (nSPS) is 22.8. The maximum atomic E-state index is 13.0. The maximum Gasteiger partial charge on any atom is 0.123 e. The van der Waals surface area contributed by atoms with Crippen molar-refractivity contribution in [3.63, 3.8) is 0 Å². The molecule has 2 aromatic rings. The summed E-state index contributed by atoms with van der Waals surface area (Å²) in [5.74, 6) is 0.301. The number of aromatic amines is 1. The minimum Gasteiger partial charge on any atom is -0.380 e. The largest absolute Gasteiger partial charge is 0.380 e. The highest BCUT2D eigenvalue weighted by atomic mass is 19.1. The molecule has 1 aliphatic rings. The highest BCUT2D eigenvalue weighted by Crippen LogP contribution is 2.25. The molecule has 1 N–H and O–H groups in total. The summed E-state index contributed by atoms with van der Waals surface area (Å²) in [6, 6.07) is 8.82. The lowest BCUT2D eigenvalue weighted by Crippen LogP contribution is -2.45. The van der Waals surface area contributed by atoms with Gasteiger partial charge in [-0.15, -0.1) is 0 Å². The first kappa shape index (κ1) is 15.2. The Hall–Kier alpha value is -1.72. The first-order valence-corrected chi connectivity index (χ1v) is 7.72. The monoisotopic (exact) mass is 303 g/mol. The lowest BCUT2D eigenvalue weighted by atomic mass is 9.87. The zero-order chi connectivity index (χ0) is 15.4. The number of benzene rings is 1. The van der Waals surface area contributed by atoms with Crippen LogP contribution in [0.5, 0.6) is 0 Å². The molecule has 4 nitrogen and oxygen atoms in total. The molecular formula is C17H22FN3O. The number of likely N-dealkylation sites (tertiary alicyclic amines) is 1. The molecule has 3 rings (SSSR count). The van der Waals surface area contributed by atoms with E-state index in [4.69, 9.17) is 4.74 Å². The second-order valence-electron chi connectivity index (χ2n) is 5.97. The molecule has 0 spiro atoms. The van der Waals surface area contributed by atoms with E-state index in [-0.39, 0.29) is 11.9 Å². The molecule has 0 amide bonds. The Morgan fingerprint density at radius 2 is 2.14 bits per heavy atom. The van der Waals surface area contributed by atoms with Gasteiger partial charge in [0, 0.05) is 32.1 Å². The fourth-order valence-corrected chi connectivity index (χ4v) is 3.21. The van der Waals surface area contributed by atoms with Crippen molar-refractivity contribution in [1.29, 1.82) is 0 Å². The van der Waals surface area contributed by atoms with Gasteiger partial charge in [0.25, 0.3) is 0 Å². The fourth-order valence-electron chi connectivity index (χ4n) is 3.21. The molecule has 5 heteroatoms. The molecule has 1 aromatic carbocycles. The Morgan fingerprint density at radius 3 is 2.82 bits per heavy atom. The van der Waals surface area contributed by atoms with Crippen molar-refractivity contribution in [2.24, 2.45) is 5.92 Å². The van der Waals surface area contributed by atoms with E-state index >= 15 is 0 Å². The summed E-state index contributed by atoms with van der Waals surface area (Å²) in [7, 11) is 1.78. The zero-order valence-electron chi connectivity index (χ0n) is 12.8. The standard InChI is InChI=1S/C17H22FN3O/c1-22-17-12-21(11-16-6-8-19-20-16)9-7-14(17)10-13-2-4-15(18)5-3-13/h2-6,8,14,17H,7,9-12H2,1H3,(H,19,20)/t14-,17+/m1/s1. The van der Waals surface area contributed by atoms with E-state index in [1.807, 2.05) is 18.2 Å². The van der Waals surface area contributed by atoms with Gasteiger partial charge >= 0.3 is 0 Å². The summed E-state index contributed by atoms with van der Waals surface area (Å²) >= 11 is 0. The molecule has 1 saturated heterocycles. The van der Waals surface area contributed by atoms with E-state index in [0.29, 0.717) is 5.92 Å². The van der Waals surface area contributed by atoms with Gasteiger partial charge in [0.15, 0.2) is 0 Å². The maximum absolute atomic E-state index is 13.0. The van der Waals surface area contributed by atoms with Gasteiger partial charge in [0.05, 0.1) is 6.10 Å². The Labute approximate surface area is 130 Å². The van der Waals surface area contributed by atoms with Crippen molar-refractivity contribution in [2.45, 2.75) is 25.5 Å². The van der Waals surface area contributed by atoms with Gasteiger partial charge in [-0.3, -0.25) is 10.00 Å². The van der Waals surface area contributed by atoms with Crippen molar-refractivity contribution >= 4 is 0 Å². The first-order valence-electron chi connectivity index (χ1n) is 7.72. The lowest BCUT2D eigenvalue weighted by Gasteiger charge is -2.37. The number of hydrogen-bond acceptors (Lipinski definition) is 3. The number of piperidine rings is 1. The van der Waals surface area contributed by atoms with Crippen molar-refractivity contribution in [3.8, 4) is 0 Å². The number of nitrogens with one attached hydrogen (secondary N) is 1. The third-order valence-electron chi connectivity index (χ3n) is 4.45. The number of nitrogens with zero attached hydrogens (tertiary/aromatic N) is 2. The van der Waals surface area contributed by atoms with E-state index in [0.717, 1.165) is 38.2 Å². The summed E-state index contributed by atoms with van der Waals surface area (Å²) in [6.45, 7) is 2.84. The van der Waals surface area contributed by atoms with E-state index in [9.17, 15) is 4.39 Å². The smallest absolute Gasteiger partial charge is 0.123 e. The summed E-state index contributed by atoms with van der Waals surface area (Å²) < 4.78 is 18.7. The van der Waals surface area contributed by atoms with Gasteiger partial charge in [0.1, 0.15) is 5.82 Å². The average molecular weight is 303 g/mol. The second-order valence-corrected chi connectivity index (χ2v) is 5.97. The third kappa shape index (κ3) is 3.72. The van der Waals surface area contributed by atoms with Gasteiger partial charge in [0.2, 0.25) is 0 Å². The van der Waals surface area contributed by atoms with Gasteiger partial charge in [-0.1, -0.05) is 12.1 Å². The van der Waals surface area contributed by atoms with Crippen LogP contribution >= 0.6 is 0 Å². The predicted octanol–water partition coefficient (Wildman–Crippen LogP) is 2.63. The average Bonchev–Trinajstić information content (AvgIpc) is 3.04. The van der Waals surface area contributed by atoms with Crippen LogP contribution in [-0.2, 0) is 17.7 Å². The van der Waals surface area contributed by atoms with Crippen LogP contribution in [0.25, 0.3) is 0 Å². The number of aromatic nitrogens is 2. The second kappa shape index (κ2) is 7.03. The van der Waals surface area contributed by atoms with Crippen LogP contribution < -0.4 is 0 Å². The predicted molar refractivity (Wildman–Crippen MR) is 82.9 cm³/mol. The van der Waals surface area contributed by atoms with Crippen molar-refractivity contribution in [2.75, 3.05) is 20.2 Å². The summed E-state index contributed by atoms with van der Waals surface area (Å²) in [4.78, 5) is 2.39. The van der Waals surface area contributed by atoms with Crippen LogP contribution in [0.15, 0.2) is 36.5 Å². The van der Waals surface area contributed by atoms with Crippen LogP contribution in [-0.4, -0.2) is 41.4 Å². The van der Waals surface area contributed by atoms with Crippen LogP contribution in [0.1, 0.15) is 17.7 Å². The first-order chi connectivity index (χ1) is 10.7. The lowest BCUT2D eigenvalue weighted by molar-refractivity contribution is -0.0139. The fraction of sp³-hybridized carbons (Fsp3) is 0.471. The molecule has 1 aliphatic heterocycles. The van der Waals surface area contributed by atoms with Gasteiger partial charge < -0.3 is 4.74 Å². The quantitative estimate of drug-likeness (QED) is 0.923. The minimum atomic E-state index is -0.179. The molecule has 22 heavy (non-hydrogen) atoms. The highest BCUT2D eigenvalue weighted by Gasteiger charge is 2.29. The van der Waals surface area contributed by atoms with Gasteiger partial charge in [-0.05, 0) is 49.1 Å². The third-order valence-corrected chi connectivity index (χ3v) is 4.45. The topological polar surface area (TPSA) is 41.1 Å². The number of methoxy groups -OCH3 is 1. The van der Waals surface area contributed by atoms with E-state index in [1.54, 1.807) is 13.3 Å². The van der Waals surface area contributed by atoms with Crippen LogP contribution in [0.4, 0.5) is 4.39 Å². The van der Waals surface area contributed by atoms with E-state index in [2.05, 4.69) is 15.1 Å². The van der Waals surface area contributed by atoms with Gasteiger partial charge in [-0.25, -0.2) is 4.39 Å². The number of ether oxygens (including phenoxy) is 1. The van der Waals surface area contributed by atoms with Crippen LogP contribution in [0.2, 0.25) is 0 Å². The summed E-state index contributed by atoms with van der Waals surface area (Å²) in [5.41, 5.74) is 2.31. The van der Waals surface area contributed by atoms with Crippen molar-refractivity contribution in [1.82, 2.24) is 15.1 Å². The molecule has 0 radical (unpaired) electrons. The highest BCUT2D eigenvalue weighted by molar-refractivity contribution is 5.17. The Morgan fingerprint density at radius 1 is 1.32 bits per heavy atom.